The number of halogens is 2. The molecule has 2 heterocycles. The van der Waals surface area contributed by atoms with Crippen LogP contribution in [-0.2, 0) is 6.42 Å². The third-order valence-corrected chi connectivity index (χ3v) is 3.14. The second-order valence-corrected chi connectivity index (χ2v) is 4.71. The number of benzene rings is 1. The molecule has 2 aromatic rings. The second-order valence-electron chi connectivity index (χ2n) is 4.71. The first-order chi connectivity index (χ1) is 9.20. The predicted octanol–water partition coefficient (Wildman–Crippen LogP) is 1.62. The van der Waals surface area contributed by atoms with Crippen molar-refractivity contribution in [3.8, 4) is 0 Å². The largest absolute Gasteiger partial charge is 0.392 e. The van der Waals surface area contributed by atoms with Crippen LogP contribution in [0.4, 0.5) is 4.39 Å². The summed E-state index contributed by atoms with van der Waals surface area (Å²) in [5, 5.41) is 16.4. The number of aromatic nitrogens is 2. The van der Waals surface area contributed by atoms with Crippen molar-refractivity contribution in [1.29, 1.82) is 0 Å². The molecule has 2 atom stereocenters. The van der Waals surface area contributed by atoms with Gasteiger partial charge in [-0.15, -0.1) is 12.4 Å². The van der Waals surface area contributed by atoms with Gasteiger partial charge in [0.2, 0.25) is 5.89 Å². The SMILES string of the molecule is Cl.O[C@@H]1CN[C@@H](c2nc(Cc3cccc(F)c3)no2)C1. The third-order valence-electron chi connectivity index (χ3n) is 3.14. The van der Waals surface area contributed by atoms with Crippen molar-refractivity contribution in [2.45, 2.75) is 25.0 Å². The van der Waals surface area contributed by atoms with E-state index in [1.54, 1.807) is 6.07 Å². The summed E-state index contributed by atoms with van der Waals surface area (Å²) in [4.78, 5) is 4.28. The maximum atomic E-state index is 13.1. The molecule has 0 spiro atoms. The van der Waals surface area contributed by atoms with Gasteiger partial charge in [0.1, 0.15) is 5.82 Å². The van der Waals surface area contributed by atoms with Gasteiger partial charge < -0.3 is 14.9 Å². The van der Waals surface area contributed by atoms with Crippen molar-refractivity contribution in [2.24, 2.45) is 0 Å². The van der Waals surface area contributed by atoms with E-state index in [1.165, 1.54) is 12.1 Å². The van der Waals surface area contributed by atoms with Crippen LogP contribution in [0, 0.1) is 5.82 Å². The van der Waals surface area contributed by atoms with Gasteiger partial charge in [0, 0.05) is 13.0 Å². The van der Waals surface area contributed by atoms with Crippen LogP contribution in [0.15, 0.2) is 28.8 Å². The van der Waals surface area contributed by atoms with Gasteiger partial charge in [-0.3, -0.25) is 0 Å². The molecule has 0 radical (unpaired) electrons. The Morgan fingerprint density at radius 2 is 2.30 bits per heavy atom. The monoisotopic (exact) mass is 299 g/mol. The van der Waals surface area contributed by atoms with E-state index in [0.717, 1.165) is 5.56 Å². The lowest BCUT2D eigenvalue weighted by Crippen LogP contribution is -2.15. The van der Waals surface area contributed by atoms with Gasteiger partial charge in [-0.2, -0.15) is 4.98 Å². The highest BCUT2D eigenvalue weighted by Gasteiger charge is 2.28. The molecule has 0 amide bonds. The molecule has 1 saturated heterocycles. The molecule has 1 aliphatic rings. The van der Waals surface area contributed by atoms with Crippen molar-refractivity contribution in [2.75, 3.05) is 6.54 Å². The number of aliphatic hydroxyl groups excluding tert-OH is 1. The standard InChI is InChI=1S/C13H14FN3O2.ClH/c14-9-3-1-2-8(4-9)5-12-16-13(19-17-12)11-6-10(18)7-15-11;/h1-4,10-11,15,18H,5-7H2;1H/t10-,11+;/m0./s1. The number of aliphatic hydroxyl groups is 1. The highest BCUT2D eigenvalue weighted by Crippen LogP contribution is 2.22. The van der Waals surface area contributed by atoms with E-state index >= 15 is 0 Å². The van der Waals surface area contributed by atoms with Crippen LogP contribution < -0.4 is 5.32 Å². The number of nitrogens with zero attached hydrogens (tertiary/aromatic N) is 2. The Balaban J connectivity index is 0.00000147. The summed E-state index contributed by atoms with van der Waals surface area (Å²) in [6, 6.07) is 6.23. The Hall–Kier alpha value is -1.50. The first-order valence-corrected chi connectivity index (χ1v) is 6.19. The summed E-state index contributed by atoms with van der Waals surface area (Å²) < 4.78 is 18.2. The summed E-state index contributed by atoms with van der Waals surface area (Å²) >= 11 is 0. The summed E-state index contributed by atoms with van der Waals surface area (Å²) in [7, 11) is 0. The second kappa shape index (κ2) is 6.30. The smallest absolute Gasteiger partial charge is 0.243 e. The van der Waals surface area contributed by atoms with Crippen LogP contribution in [0.3, 0.4) is 0 Å². The quantitative estimate of drug-likeness (QED) is 0.901. The average molecular weight is 300 g/mol. The molecule has 1 aromatic carbocycles. The maximum absolute atomic E-state index is 13.1. The number of nitrogens with one attached hydrogen (secondary N) is 1. The van der Waals surface area contributed by atoms with Crippen LogP contribution in [0.25, 0.3) is 0 Å². The molecule has 5 nitrogen and oxygen atoms in total. The van der Waals surface area contributed by atoms with Crippen LogP contribution in [0.1, 0.15) is 29.7 Å². The van der Waals surface area contributed by atoms with E-state index in [1.807, 2.05) is 6.07 Å². The lowest BCUT2D eigenvalue weighted by molar-refractivity contribution is 0.191. The molecule has 0 saturated carbocycles. The van der Waals surface area contributed by atoms with Gasteiger partial charge in [-0.1, -0.05) is 17.3 Å². The Morgan fingerprint density at radius 1 is 1.45 bits per heavy atom. The summed E-state index contributed by atoms with van der Waals surface area (Å²) in [6.45, 7) is 0.534. The van der Waals surface area contributed by atoms with Crippen LogP contribution >= 0.6 is 12.4 Å². The Bertz CT molecular complexity index is 578. The van der Waals surface area contributed by atoms with Crippen molar-refractivity contribution in [3.05, 3.63) is 47.4 Å². The third kappa shape index (κ3) is 3.33. The van der Waals surface area contributed by atoms with E-state index in [0.29, 0.717) is 31.1 Å². The molecular formula is C13H15ClFN3O2. The minimum Gasteiger partial charge on any atom is -0.392 e. The number of β-amino-alcohol motifs (C(OH)–C–C–N with tert-alkyl or cyclic N) is 1. The average Bonchev–Trinajstić information content (AvgIpc) is 2.98. The van der Waals surface area contributed by atoms with Gasteiger partial charge in [-0.05, 0) is 24.1 Å². The predicted molar refractivity (Wildman–Crippen MR) is 72.1 cm³/mol. The van der Waals surface area contributed by atoms with E-state index in [2.05, 4.69) is 15.5 Å². The van der Waals surface area contributed by atoms with Gasteiger partial charge in [0.05, 0.1) is 12.1 Å². The molecule has 0 bridgehead atoms. The molecule has 20 heavy (non-hydrogen) atoms. The first kappa shape index (κ1) is 14.9. The van der Waals surface area contributed by atoms with Crippen molar-refractivity contribution in [3.63, 3.8) is 0 Å². The molecule has 7 heteroatoms. The fourth-order valence-electron chi connectivity index (χ4n) is 2.22. The fourth-order valence-corrected chi connectivity index (χ4v) is 2.22. The fraction of sp³-hybridized carbons (Fsp3) is 0.385. The van der Waals surface area contributed by atoms with Crippen LogP contribution in [0.5, 0.6) is 0 Å². The Kier molecular flexibility index (Phi) is 4.69. The van der Waals surface area contributed by atoms with Crippen LogP contribution in [-0.4, -0.2) is 27.9 Å². The van der Waals surface area contributed by atoms with E-state index < -0.39 is 0 Å². The number of hydrogen-bond acceptors (Lipinski definition) is 5. The van der Waals surface area contributed by atoms with Gasteiger partial charge in [0.25, 0.3) is 0 Å². The summed E-state index contributed by atoms with van der Waals surface area (Å²) in [5.74, 6) is 0.716. The molecular weight excluding hydrogens is 285 g/mol. The molecule has 1 aliphatic heterocycles. The van der Waals surface area contributed by atoms with Crippen molar-refractivity contribution >= 4 is 12.4 Å². The number of hydrogen-bond donors (Lipinski definition) is 2. The van der Waals surface area contributed by atoms with Crippen molar-refractivity contribution in [1.82, 2.24) is 15.5 Å². The first-order valence-electron chi connectivity index (χ1n) is 6.19. The summed E-state index contributed by atoms with van der Waals surface area (Å²) in [5.41, 5.74) is 0.798. The molecule has 0 aliphatic carbocycles. The molecule has 2 N–H and O–H groups in total. The van der Waals surface area contributed by atoms with Gasteiger partial charge >= 0.3 is 0 Å². The molecule has 0 unspecified atom stereocenters. The van der Waals surface area contributed by atoms with Gasteiger partial charge in [0.15, 0.2) is 5.82 Å². The van der Waals surface area contributed by atoms with E-state index in [9.17, 15) is 9.50 Å². The zero-order valence-corrected chi connectivity index (χ0v) is 11.4. The Morgan fingerprint density at radius 3 is 3.00 bits per heavy atom. The molecule has 1 fully saturated rings. The zero-order chi connectivity index (χ0) is 13.2. The highest BCUT2D eigenvalue weighted by molar-refractivity contribution is 5.85. The lowest BCUT2D eigenvalue weighted by atomic mass is 10.1. The Labute approximate surface area is 121 Å². The topological polar surface area (TPSA) is 71.2 Å². The van der Waals surface area contributed by atoms with Crippen molar-refractivity contribution < 1.29 is 14.0 Å². The van der Waals surface area contributed by atoms with Crippen LogP contribution in [0.2, 0.25) is 0 Å². The molecule has 1 aromatic heterocycles. The van der Waals surface area contributed by atoms with E-state index in [-0.39, 0.29) is 30.4 Å². The minimum absolute atomic E-state index is 0. The molecule has 108 valence electrons. The van der Waals surface area contributed by atoms with E-state index in [4.69, 9.17) is 4.52 Å². The molecule has 3 rings (SSSR count). The highest BCUT2D eigenvalue weighted by atomic mass is 35.5. The van der Waals surface area contributed by atoms with Gasteiger partial charge in [-0.25, -0.2) is 4.39 Å². The zero-order valence-electron chi connectivity index (χ0n) is 10.6. The lowest BCUT2D eigenvalue weighted by Gasteiger charge is -2.01. The summed E-state index contributed by atoms with van der Waals surface area (Å²) in [6.07, 6.45) is 0.626. The number of rotatable bonds is 3. The normalized spacial score (nSPS) is 21.7. The maximum Gasteiger partial charge on any atom is 0.243 e. The minimum atomic E-state index is -0.372.